The van der Waals surface area contributed by atoms with E-state index in [1.165, 1.54) is 20.3 Å². The van der Waals surface area contributed by atoms with Crippen molar-refractivity contribution in [3.05, 3.63) is 93.5 Å². The first kappa shape index (κ1) is 32.4. The number of hydrogen-bond acceptors (Lipinski definition) is 8. The topological polar surface area (TPSA) is 129 Å². The fourth-order valence-corrected chi connectivity index (χ4v) is 6.12. The van der Waals surface area contributed by atoms with Gasteiger partial charge in [0.05, 0.1) is 20.1 Å². The highest BCUT2D eigenvalue weighted by atomic mass is 16.5. The Morgan fingerprint density at radius 1 is 0.609 bits per heavy atom. The minimum Gasteiger partial charge on any atom is -0.508 e. The van der Waals surface area contributed by atoms with E-state index in [-0.39, 0.29) is 34.2 Å². The van der Waals surface area contributed by atoms with E-state index in [9.17, 15) is 25.5 Å². The SMILES string of the molecule is COc1cc(/C=C/c2cc(O)cc3c2C(c2cc(O)cc(O)c2)C(c2cc(OC)c(O)c(C(C)(C)C)c2)O3)cc(C(C)(C)C)c1O. The van der Waals surface area contributed by atoms with Crippen molar-refractivity contribution in [2.45, 2.75) is 64.4 Å². The number of aromatic hydroxyl groups is 5. The number of benzene rings is 4. The fraction of sp³-hybridized carbons (Fsp3) is 0.316. The van der Waals surface area contributed by atoms with Crippen LogP contribution in [-0.4, -0.2) is 39.8 Å². The molecule has 0 radical (unpaired) electrons. The Morgan fingerprint density at radius 2 is 1.15 bits per heavy atom. The fourth-order valence-electron chi connectivity index (χ4n) is 6.12. The van der Waals surface area contributed by atoms with E-state index in [1.54, 1.807) is 36.4 Å². The summed E-state index contributed by atoms with van der Waals surface area (Å²) < 4.78 is 17.6. The molecule has 1 heterocycles. The van der Waals surface area contributed by atoms with Crippen LogP contribution in [0.1, 0.15) is 92.5 Å². The third-order valence-corrected chi connectivity index (χ3v) is 8.34. The van der Waals surface area contributed by atoms with Crippen LogP contribution < -0.4 is 14.2 Å². The van der Waals surface area contributed by atoms with Crippen molar-refractivity contribution in [2.75, 3.05) is 14.2 Å². The van der Waals surface area contributed by atoms with E-state index in [0.29, 0.717) is 39.5 Å². The van der Waals surface area contributed by atoms with Crippen LogP contribution in [0.2, 0.25) is 0 Å². The molecule has 0 fully saturated rings. The Bertz CT molecular complexity index is 1800. The van der Waals surface area contributed by atoms with E-state index in [0.717, 1.165) is 16.7 Å². The molecule has 4 aromatic carbocycles. The molecule has 242 valence electrons. The molecule has 0 bridgehead atoms. The van der Waals surface area contributed by atoms with Crippen molar-refractivity contribution in [1.29, 1.82) is 0 Å². The molecule has 0 aliphatic carbocycles. The van der Waals surface area contributed by atoms with E-state index >= 15 is 0 Å². The number of fused-ring (bicyclic) bond motifs is 1. The Kier molecular flexibility index (Phi) is 8.28. The van der Waals surface area contributed by atoms with Gasteiger partial charge in [-0.3, -0.25) is 0 Å². The first-order valence-corrected chi connectivity index (χ1v) is 15.1. The molecule has 1 aliphatic heterocycles. The number of methoxy groups -OCH3 is 2. The van der Waals surface area contributed by atoms with Gasteiger partial charge in [-0.15, -0.1) is 0 Å². The molecule has 0 amide bonds. The third kappa shape index (κ3) is 6.12. The van der Waals surface area contributed by atoms with Crippen LogP contribution in [0, 0.1) is 0 Å². The lowest BCUT2D eigenvalue weighted by Gasteiger charge is -2.26. The number of rotatable bonds is 6. The predicted molar refractivity (Wildman–Crippen MR) is 179 cm³/mol. The number of phenolic OH excluding ortho intramolecular Hbond substituents is 5. The molecule has 8 nitrogen and oxygen atoms in total. The van der Waals surface area contributed by atoms with Crippen LogP contribution in [0.5, 0.6) is 46.0 Å². The molecule has 1 aliphatic rings. The Labute approximate surface area is 269 Å². The maximum atomic E-state index is 11.0. The largest absolute Gasteiger partial charge is 0.508 e. The summed E-state index contributed by atoms with van der Waals surface area (Å²) in [6, 6.07) is 14.9. The third-order valence-electron chi connectivity index (χ3n) is 8.34. The zero-order valence-corrected chi connectivity index (χ0v) is 27.5. The molecule has 0 aromatic heterocycles. The van der Waals surface area contributed by atoms with Crippen molar-refractivity contribution in [3.63, 3.8) is 0 Å². The Balaban J connectivity index is 1.72. The summed E-state index contributed by atoms with van der Waals surface area (Å²) in [5.74, 6) is 0.430. The van der Waals surface area contributed by atoms with Crippen molar-refractivity contribution in [2.24, 2.45) is 0 Å². The van der Waals surface area contributed by atoms with E-state index in [2.05, 4.69) is 0 Å². The molecule has 2 atom stereocenters. The molecular weight excluding hydrogens is 584 g/mol. The van der Waals surface area contributed by atoms with Gasteiger partial charge in [-0.05, 0) is 75.5 Å². The summed E-state index contributed by atoms with van der Waals surface area (Å²) in [5, 5.41) is 53.7. The van der Waals surface area contributed by atoms with Crippen LogP contribution in [0.15, 0.2) is 54.6 Å². The highest BCUT2D eigenvalue weighted by Crippen LogP contribution is 2.54. The monoisotopic (exact) mass is 626 g/mol. The van der Waals surface area contributed by atoms with Crippen LogP contribution in [0.25, 0.3) is 12.2 Å². The van der Waals surface area contributed by atoms with Gasteiger partial charge in [0, 0.05) is 28.8 Å². The first-order valence-electron chi connectivity index (χ1n) is 15.1. The van der Waals surface area contributed by atoms with Gasteiger partial charge in [-0.25, -0.2) is 0 Å². The normalized spacial score (nSPS) is 16.3. The van der Waals surface area contributed by atoms with Crippen molar-refractivity contribution >= 4 is 12.2 Å². The summed E-state index contributed by atoms with van der Waals surface area (Å²) in [5.41, 5.74) is 4.05. The van der Waals surface area contributed by atoms with E-state index < -0.39 is 17.4 Å². The molecule has 0 spiro atoms. The predicted octanol–water partition coefficient (Wildman–Crippen LogP) is 8.26. The van der Waals surface area contributed by atoms with E-state index in [4.69, 9.17) is 14.2 Å². The second-order valence-corrected chi connectivity index (χ2v) is 13.8. The average Bonchev–Trinajstić information content (AvgIpc) is 3.34. The molecule has 0 saturated heterocycles. The summed E-state index contributed by atoms with van der Waals surface area (Å²) in [4.78, 5) is 0. The lowest BCUT2D eigenvalue weighted by atomic mass is 9.80. The molecule has 5 rings (SSSR count). The Morgan fingerprint density at radius 3 is 1.72 bits per heavy atom. The van der Waals surface area contributed by atoms with Gasteiger partial charge >= 0.3 is 0 Å². The Hall–Kier alpha value is -4.98. The van der Waals surface area contributed by atoms with Crippen LogP contribution >= 0.6 is 0 Å². The zero-order chi connectivity index (χ0) is 33.7. The van der Waals surface area contributed by atoms with Gasteiger partial charge < -0.3 is 39.7 Å². The number of phenols is 5. The molecule has 5 N–H and O–H groups in total. The van der Waals surface area contributed by atoms with Crippen molar-refractivity contribution in [3.8, 4) is 46.0 Å². The quantitative estimate of drug-likeness (QED) is 0.135. The second-order valence-electron chi connectivity index (χ2n) is 13.8. The molecule has 46 heavy (non-hydrogen) atoms. The lowest BCUT2D eigenvalue weighted by Crippen LogP contribution is -2.16. The maximum absolute atomic E-state index is 11.0. The van der Waals surface area contributed by atoms with Crippen molar-refractivity contribution in [1.82, 2.24) is 0 Å². The summed E-state index contributed by atoms with van der Waals surface area (Å²) in [6.45, 7) is 12.0. The summed E-state index contributed by atoms with van der Waals surface area (Å²) >= 11 is 0. The van der Waals surface area contributed by atoms with Gasteiger partial charge in [-0.2, -0.15) is 0 Å². The minimum absolute atomic E-state index is 0.00566. The molecular formula is C38H42O8. The smallest absolute Gasteiger partial charge is 0.161 e. The van der Waals surface area contributed by atoms with E-state index in [1.807, 2.05) is 65.8 Å². The highest BCUT2D eigenvalue weighted by molar-refractivity contribution is 5.77. The van der Waals surface area contributed by atoms with Crippen LogP contribution in [0.3, 0.4) is 0 Å². The highest BCUT2D eigenvalue weighted by Gasteiger charge is 2.40. The summed E-state index contributed by atoms with van der Waals surface area (Å²) in [7, 11) is 3.00. The average molecular weight is 627 g/mol. The molecule has 0 saturated carbocycles. The van der Waals surface area contributed by atoms with Crippen LogP contribution in [-0.2, 0) is 10.8 Å². The summed E-state index contributed by atoms with van der Waals surface area (Å²) in [6.07, 6.45) is 3.05. The maximum Gasteiger partial charge on any atom is 0.161 e. The van der Waals surface area contributed by atoms with Crippen molar-refractivity contribution < 1.29 is 39.7 Å². The van der Waals surface area contributed by atoms with Gasteiger partial charge in [0.15, 0.2) is 23.0 Å². The van der Waals surface area contributed by atoms with Gasteiger partial charge in [0.2, 0.25) is 0 Å². The zero-order valence-electron chi connectivity index (χ0n) is 27.5. The molecule has 4 aromatic rings. The standard InChI is InChI=1S/C38H42O8/c1-37(2,3)27-11-20(12-30(44-7)34(27)42)9-10-21-13-26(41)19-29-32(21)33(22-14-24(39)18-25(40)15-22)36(46-29)23-16-28(38(4,5)6)35(43)31(17-23)45-8/h9-19,33,36,39-43H,1-8H3/b10-9+. The van der Waals surface area contributed by atoms with Gasteiger partial charge in [0.25, 0.3) is 0 Å². The second kappa shape index (κ2) is 11.7. The van der Waals surface area contributed by atoms with Gasteiger partial charge in [-0.1, -0.05) is 53.7 Å². The molecule has 8 heteroatoms. The molecule has 2 unspecified atom stereocenters. The lowest BCUT2D eigenvalue weighted by molar-refractivity contribution is 0.220. The number of ether oxygens (including phenoxy) is 3. The van der Waals surface area contributed by atoms with Crippen LogP contribution in [0.4, 0.5) is 0 Å². The number of hydrogen-bond donors (Lipinski definition) is 5. The first-order chi connectivity index (χ1) is 21.5. The minimum atomic E-state index is -0.679. The van der Waals surface area contributed by atoms with Gasteiger partial charge in [0.1, 0.15) is 29.1 Å².